The third kappa shape index (κ3) is 7.89. The summed E-state index contributed by atoms with van der Waals surface area (Å²) in [6.07, 6.45) is 5.98. The second-order valence-corrected chi connectivity index (χ2v) is 6.67. The van der Waals surface area contributed by atoms with Crippen molar-refractivity contribution in [1.29, 1.82) is 0 Å². The van der Waals surface area contributed by atoms with Gasteiger partial charge >= 0.3 is 0 Å². The largest absolute Gasteiger partial charge is 0.357 e. The summed E-state index contributed by atoms with van der Waals surface area (Å²) in [5, 5.41) is 6.74. The molecule has 0 aliphatic heterocycles. The van der Waals surface area contributed by atoms with Crippen LogP contribution in [-0.2, 0) is 19.5 Å². The van der Waals surface area contributed by atoms with Gasteiger partial charge in [-0.05, 0) is 30.9 Å². The van der Waals surface area contributed by atoms with Crippen LogP contribution in [0.15, 0.2) is 78.0 Å². The molecular weight excluding hydrogens is 473 g/mol. The van der Waals surface area contributed by atoms with Crippen LogP contribution in [0.5, 0.6) is 0 Å². The fourth-order valence-corrected chi connectivity index (χ4v) is 3.05. The normalized spacial score (nSPS) is 11.0. The van der Waals surface area contributed by atoms with Gasteiger partial charge in [0.15, 0.2) is 5.96 Å². The third-order valence-corrected chi connectivity index (χ3v) is 4.50. The summed E-state index contributed by atoms with van der Waals surface area (Å²) in [5.74, 6) is 1.80. The van der Waals surface area contributed by atoms with Gasteiger partial charge in [0.1, 0.15) is 12.4 Å². The molecule has 0 aliphatic carbocycles. The van der Waals surface area contributed by atoms with Crippen LogP contribution in [0.25, 0.3) is 0 Å². The first-order valence-corrected chi connectivity index (χ1v) is 9.95. The SMILES string of the molecule is CCNC(=NCc1nccn1Cc1ccccc1)NCCCc1ccccc1.I. The van der Waals surface area contributed by atoms with Gasteiger partial charge in [-0.2, -0.15) is 0 Å². The summed E-state index contributed by atoms with van der Waals surface area (Å²) in [6, 6.07) is 21.0. The number of benzene rings is 2. The van der Waals surface area contributed by atoms with Crippen LogP contribution in [0.3, 0.4) is 0 Å². The molecule has 0 amide bonds. The van der Waals surface area contributed by atoms with E-state index in [0.29, 0.717) is 6.54 Å². The number of imidazole rings is 1. The number of aromatic nitrogens is 2. The number of aliphatic imine (C=N–C) groups is 1. The van der Waals surface area contributed by atoms with Crippen molar-refractivity contribution in [2.45, 2.75) is 32.9 Å². The lowest BCUT2D eigenvalue weighted by molar-refractivity contribution is 0.710. The Morgan fingerprint density at radius 1 is 0.966 bits per heavy atom. The number of rotatable bonds is 9. The number of nitrogens with zero attached hydrogens (tertiary/aromatic N) is 3. The van der Waals surface area contributed by atoms with Crippen LogP contribution in [0.2, 0.25) is 0 Å². The van der Waals surface area contributed by atoms with Crippen LogP contribution >= 0.6 is 24.0 Å². The third-order valence-electron chi connectivity index (χ3n) is 4.50. The molecule has 3 rings (SSSR count). The zero-order valence-electron chi connectivity index (χ0n) is 16.9. The summed E-state index contributed by atoms with van der Waals surface area (Å²) in [4.78, 5) is 9.19. The Labute approximate surface area is 190 Å². The number of nitrogens with one attached hydrogen (secondary N) is 2. The minimum Gasteiger partial charge on any atom is -0.357 e. The highest BCUT2D eigenvalue weighted by Gasteiger charge is 2.04. The van der Waals surface area contributed by atoms with Crippen molar-refractivity contribution in [2.24, 2.45) is 4.99 Å². The number of hydrogen-bond acceptors (Lipinski definition) is 2. The van der Waals surface area contributed by atoms with Gasteiger partial charge in [0, 0.05) is 32.0 Å². The van der Waals surface area contributed by atoms with Crippen molar-refractivity contribution in [1.82, 2.24) is 20.2 Å². The first kappa shape index (κ1) is 22.9. The Kier molecular flexibility index (Phi) is 10.3. The van der Waals surface area contributed by atoms with Gasteiger partial charge in [-0.3, -0.25) is 0 Å². The topological polar surface area (TPSA) is 54.2 Å². The highest BCUT2D eigenvalue weighted by Crippen LogP contribution is 2.06. The lowest BCUT2D eigenvalue weighted by Crippen LogP contribution is -2.38. The molecule has 2 aromatic carbocycles. The molecule has 0 aliphatic rings. The van der Waals surface area contributed by atoms with Crippen molar-refractivity contribution in [2.75, 3.05) is 13.1 Å². The van der Waals surface area contributed by atoms with Crippen LogP contribution < -0.4 is 10.6 Å². The summed E-state index contributed by atoms with van der Waals surface area (Å²) < 4.78 is 2.15. The molecule has 0 bridgehead atoms. The Morgan fingerprint density at radius 3 is 2.34 bits per heavy atom. The van der Waals surface area contributed by atoms with E-state index in [-0.39, 0.29) is 24.0 Å². The Morgan fingerprint density at radius 2 is 1.66 bits per heavy atom. The van der Waals surface area contributed by atoms with Gasteiger partial charge in [-0.1, -0.05) is 60.7 Å². The molecule has 154 valence electrons. The van der Waals surface area contributed by atoms with Crippen LogP contribution in [0.4, 0.5) is 0 Å². The maximum Gasteiger partial charge on any atom is 0.191 e. The van der Waals surface area contributed by atoms with Crippen LogP contribution in [0, 0.1) is 0 Å². The van der Waals surface area contributed by atoms with Crippen molar-refractivity contribution in [3.8, 4) is 0 Å². The molecule has 0 radical (unpaired) electrons. The fourth-order valence-electron chi connectivity index (χ4n) is 3.05. The molecular formula is C23H30IN5. The van der Waals surface area contributed by atoms with Crippen LogP contribution in [-0.4, -0.2) is 28.6 Å². The van der Waals surface area contributed by atoms with Crippen molar-refractivity contribution in [3.63, 3.8) is 0 Å². The Balaban J connectivity index is 0.00000300. The average molecular weight is 503 g/mol. The summed E-state index contributed by atoms with van der Waals surface area (Å²) in [7, 11) is 0. The Bertz CT molecular complexity index is 846. The molecule has 0 atom stereocenters. The average Bonchev–Trinajstić information content (AvgIpc) is 3.17. The lowest BCUT2D eigenvalue weighted by atomic mass is 10.1. The van der Waals surface area contributed by atoms with Gasteiger partial charge in [-0.25, -0.2) is 9.98 Å². The zero-order chi connectivity index (χ0) is 19.4. The van der Waals surface area contributed by atoms with E-state index < -0.39 is 0 Å². The maximum atomic E-state index is 4.71. The number of halogens is 1. The highest BCUT2D eigenvalue weighted by atomic mass is 127. The molecule has 0 unspecified atom stereocenters. The van der Waals surface area contributed by atoms with Gasteiger partial charge < -0.3 is 15.2 Å². The van der Waals surface area contributed by atoms with E-state index in [1.807, 2.05) is 18.5 Å². The first-order chi connectivity index (χ1) is 13.8. The zero-order valence-corrected chi connectivity index (χ0v) is 19.3. The van der Waals surface area contributed by atoms with Crippen molar-refractivity contribution < 1.29 is 0 Å². The second-order valence-electron chi connectivity index (χ2n) is 6.67. The monoisotopic (exact) mass is 503 g/mol. The highest BCUT2D eigenvalue weighted by molar-refractivity contribution is 14.0. The van der Waals surface area contributed by atoms with Gasteiger partial charge in [0.05, 0.1) is 0 Å². The first-order valence-electron chi connectivity index (χ1n) is 9.95. The standard InChI is InChI=1S/C23H29N5.HI/c1-2-24-23(26-15-9-14-20-10-5-3-6-11-20)27-18-22-25-16-17-28(22)19-21-12-7-4-8-13-21;/h3-8,10-13,16-17H,2,9,14-15,18-19H2,1H3,(H2,24,26,27);1H. The van der Waals surface area contributed by atoms with E-state index in [1.54, 1.807) is 0 Å². The molecule has 0 spiro atoms. The molecule has 0 fully saturated rings. The minimum atomic E-state index is 0. The lowest BCUT2D eigenvalue weighted by Gasteiger charge is -2.12. The predicted molar refractivity (Wildman–Crippen MR) is 131 cm³/mol. The molecule has 0 saturated carbocycles. The molecule has 5 nitrogen and oxygen atoms in total. The second kappa shape index (κ2) is 13.0. The van der Waals surface area contributed by atoms with E-state index in [2.05, 4.69) is 81.7 Å². The predicted octanol–water partition coefficient (Wildman–Crippen LogP) is 4.24. The van der Waals surface area contributed by atoms with E-state index in [9.17, 15) is 0 Å². The minimum absolute atomic E-state index is 0. The van der Waals surface area contributed by atoms with E-state index in [1.165, 1.54) is 11.1 Å². The number of aryl methyl sites for hydroxylation is 1. The number of guanidine groups is 1. The smallest absolute Gasteiger partial charge is 0.191 e. The summed E-state index contributed by atoms with van der Waals surface area (Å²) in [6.45, 7) is 5.17. The molecule has 3 aromatic rings. The van der Waals surface area contributed by atoms with Crippen molar-refractivity contribution >= 4 is 29.9 Å². The Hall–Kier alpha value is -2.35. The van der Waals surface area contributed by atoms with Crippen LogP contribution in [0.1, 0.15) is 30.3 Å². The quantitative estimate of drug-likeness (QED) is 0.199. The molecule has 1 heterocycles. The molecule has 0 saturated heterocycles. The van der Waals surface area contributed by atoms with E-state index in [4.69, 9.17) is 4.99 Å². The summed E-state index contributed by atoms with van der Waals surface area (Å²) >= 11 is 0. The van der Waals surface area contributed by atoms with Crippen molar-refractivity contribution in [3.05, 3.63) is 90.0 Å². The fraction of sp³-hybridized carbons (Fsp3) is 0.304. The van der Waals surface area contributed by atoms with E-state index >= 15 is 0 Å². The summed E-state index contributed by atoms with van der Waals surface area (Å²) in [5.41, 5.74) is 2.63. The van der Waals surface area contributed by atoms with Gasteiger partial charge in [0.2, 0.25) is 0 Å². The number of hydrogen-bond donors (Lipinski definition) is 2. The van der Waals surface area contributed by atoms with Gasteiger partial charge in [0.25, 0.3) is 0 Å². The van der Waals surface area contributed by atoms with E-state index in [0.717, 1.165) is 44.3 Å². The van der Waals surface area contributed by atoms with Gasteiger partial charge in [-0.15, -0.1) is 24.0 Å². The molecule has 29 heavy (non-hydrogen) atoms. The molecule has 2 N–H and O–H groups in total. The maximum absolute atomic E-state index is 4.71. The molecule has 1 aromatic heterocycles. The molecule has 6 heteroatoms.